The van der Waals surface area contributed by atoms with E-state index in [0.29, 0.717) is 16.9 Å². The number of hydrogen-bond acceptors (Lipinski definition) is 8. The van der Waals surface area contributed by atoms with Crippen LogP contribution in [0.25, 0.3) is 21.6 Å². The number of carbonyl (C=O) groups is 1. The molecule has 4 aromatic heterocycles. The maximum absolute atomic E-state index is 12.6. The number of methoxy groups -OCH3 is 1. The maximum atomic E-state index is 12.6. The molecule has 0 spiro atoms. The van der Waals surface area contributed by atoms with Crippen LogP contribution < -0.4 is 10.1 Å². The van der Waals surface area contributed by atoms with E-state index in [4.69, 9.17) is 4.74 Å². The maximum Gasteiger partial charge on any atom is 0.260 e. The molecule has 33 heavy (non-hydrogen) atoms. The number of nitrogens with zero attached hydrogens (tertiary/aromatic N) is 6. The van der Waals surface area contributed by atoms with E-state index in [9.17, 15) is 4.79 Å². The van der Waals surface area contributed by atoms with Gasteiger partial charge in [0.05, 0.1) is 18.2 Å². The van der Waals surface area contributed by atoms with Gasteiger partial charge in [-0.15, -0.1) is 21.5 Å². The van der Waals surface area contributed by atoms with Crippen LogP contribution in [0.5, 0.6) is 5.75 Å². The van der Waals surface area contributed by atoms with Gasteiger partial charge in [-0.3, -0.25) is 4.79 Å². The minimum Gasteiger partial charge on any atom is -0.497 e. The van der Waals surface area contributed by atoms with Crippen molar-refractivity contribution >= 4 is 56.3 Å². The van der Waals surface area contributed by atoms with Gasteiger partial charge in [0.25, 0.3) is 5.78 Å². The molecule has 1 aromatic carbocycles. The van der Waals surface area contributed by atoms with E-state index in [1.165, 1.54) is 28.6 Å². The van der Waals surface area contributed by atoms with Crippen molar-refractivity contribution in [3.8, 4) is 5.75 Å². The molecule has 0 saturated heterocycles. The average Bonchev–Trinajstić information content (AvgIpc) is 3.54. The third kappa shape index (κ3) is 3.42. The highest BCUT2D eigenvalue weighted by atomic mass is 32.2. The second kappa shape index (κ2) is 7.99. The summed E-state index contributed by atoms with van der Waals surface area (Å²) in [4.78, 5) is 19.6. The fourth-order valence-electron chi connectivity index (χ4n) is 4.36. The normalized spacial score (nSPS) is 15.9. The molecule has 1 amide bonds. The van der Waals surface area contributed by atoms with Gasteiger partial charge in [0, 0.05) is 10.6 Å². The fraction of sp³-hybridized carbons (Fsp3) is 0.318. The SMILES string of the molecule is COc1ccc(NC(=O)CSc2nnc3n4ncnc4c4c5c(sc4n23)CCC(C)C5)cc1. The number of carbonyl (C=O) groups excluding carboxylic acids is 1. The lowest BCUT2D eigenvalue weighted by atomic mass is 9.89. The average molecular weight is 480 g/mol. The van der Waals surface area contributed by atoms with Gasteiger partial charge in [-0.05, 0) is 55.0 Å². The van der Waals surface area contributed by atoms with E-state index >= 15 is 0 Å². The summed E-state index contributed by atoms with van der Waals surface area (Å²) < 4.78 is 8.94. The smallest absolute Gasteiger partial charge is 0.260 e. The van der Waals surface area contributed by atoms with Crippen molar-refractivity contribution < 1.29 is 9.53 Å². The predicted molar refractivity (Wildman–Crippen MR) is 128 cm³/mol. The Kier molecular flexibility index (Phi) is 4.95. The standard InChI is InChI=1S/C22H21N7O2S2/c1-12-3-8-16-15(9-12)18-19-23-11-24-29(19)21-26-27-22(28(21)20(18)33-16)32-10-17(30)25-13-4-6-14(31-2)7-5-13/h4-7,11-12H,3,8-10H2,1-2H3,(H,25,30). The zero-order chi connectivity index (χ0) is 22.5. The number of thioether (sulfide) groups is 1. The van der Waals surface area contributed by atoms with Crippen molar-refractivity contribution in [2.24, 2.45) is 5.92 Å². The Hall–Kier alpha value is -3.18. The van der Waals surface area contributed by atoms with Crippen LogP contribution in [-0.2, 0) is 17.6 Å². The Morgan fingerprint density at radius 1 is 1.30 bits per heavy atom. The number of fused-ring (bicyclic) bond motifs is 8. The van der Waals surface area contributed by atoms with Gasteiger partial charge in [-0.2, -0.15) is 9.61 Å². The number of benzene rings is 1. The van der Waals surface area contributed by atoms with Crippen LogP contribution in [0.2, 0.25) is 0 Å². The van der Waals surface area contributed by atoms with Gasteiger partial charge in [0.1, 0.15) is 16.9 Å². The van der Waals surface area contributed by atoms with Gasteiger partial charge >= 0.3 is 0 Å². The molecule has 5 aromatic rings. The highest BCUT2D eigenvalue weighted by Gasteiger charge is 2.26. The van der Waals surface area contributed by atoms with E-state index in [-0.39, 0.29) is 11.7 Å². The van der Waals surface area contributed by atoms with E-state index in [1.807, 2.05) is 28.7 Å². The summed E-state index contributed by atoms with van der Waals surface area (Å²) in [5.74, 6) is 2.10. The number of hydrogen-bond donors (Lipinski definition) is 1. The van der Waals surface area contributed by atoms with Gasteiger partial charge in [0.2, 0.25) is 5.91 Å². The second-order valence-electron chi connectivity index (χ2n) is 8.21. The summed E-state index contributed by atoms with van der Waals surface area (Å²) >= 11 is 3.15. The lowest BCUT2D eigenvalue weighted by molar-refractivity contribution is -0.113. The summed E-state index contributed by atoms with van der Waals surface area (Å²) in [7, 11) is 1.61. The summed E-state index contributed by atoms with van der Waals surface area (Å²) in [6, 6.07) is 7.26. The summed E-state index contributed by atoms with van der Waals surface area (Å²) in [5, 5.41) is 17.9. The largest absolute Gasteiger partial charge is 0.497 e. The van der Waals surface area contributed by atoms with Gasteiger partial charge in [-0.1, -0.05) is 18.7 Å². The number of amides is 1. The summed E-state index contributed by atoms with van der Waals surface area (Å²) in [6.45, 7) is 2.30. The lowest BCUT2D eigenvalue weighted by Crippen LogP contribution is -2.14. The Labute approximate surface area is 197 Å². The molecule has 4 heterocycles. The van der Waals surface area contributed by atoms with Crippen LogP contribution in [-0.4, -0.2) is 48.0 Å². The topological polar surface area (TPSA) is 98.7 Å². The third-order valence-corrected chi connectivity index (χ3v) is 8.18. The lowest BCUT2D eigenvalue weighted by Gasteiger charge is -2.17. The highest BCUT2D eigenvalue weighted by molar-refractivity contribution is 7.99. The first-order chi connectivity index (χ1) is 16.1. The summed E-state index contributed by atoms with van der Waals surface area (Å²) in [6.07, 6.45) is 4.88. The monoisotopic (exact) mass is 479 g/mol. The third-order valence-electron chi connectivity index (χ3n) is 5.98. The van der Waals surface area contributed by atoms with Gasteiger partial charge in [-0.25, -0.2) is 9.38 Å². The first kappa shape index (κ1) is 20.4. The van der Waals surface area contributed by atoms with E-state index < -0.39 is 0 Å². The molecule has 0 radical (unpaired) electrons. The van der Waals surface area contributed by atoms with Crippen LogP contribution >= 0.6 is 23.1 Å². The molecule has 0 aliphatic heterocycles. The van der Waals surface area contributed by atoms with Crippen molar-refractivity contribution in [3.05, 3.63) is 41.0 Å². The molecule has 1 N–H and O–H groups in total. The predicted octanol–water partition coefficient (Wildman–Crippen LogP) is 3.85. The van der Waals surface area contributed by atoms with Crippen molar-refractivity contribution in [3.63, 3.8) is 0 Å². The van der Waals surface area contributed by atoms with Gasteiger partial charge in [0.15, 0.2) is 10.8 Å². The van der Waals surface area contributed by atoms with Crippen molar-refractivity contribution in [1.29, 1.82) is 0 Å². The number of nitrogens with one attached hydrogen (secondary N) is 1. The summed E-state index contributed by atoms with van der Waals surface area (Å²) in [5.41, 5.74) is 2.92. The van der Waals surface area contributed by atoms with Crippen LogP contribution in [0.1, 0.15) is 23.8 Å². The van der Waals surface area contributed by atoms with Crippen LogP contribution in [0.3, 0.4) is 0 Å². The molecule has 1 unspecified atom stereocenters. The molecule has 6 rings (SSSR count). The van der Waals surface area contributed by atoms with Crippen LogP contribution in [0.4, 0.5) is 5.69 Å². The Morgan fingerprint density at radius 2 is 2.15 bits per heavy atom. The molecule has 1 atom stereocenters. The number of aromatic nitrogens is 6. The molecule has 1 aliphatic carbocycles. The Morgan fingerprint density at radius 3 is 2.97 bits per heavy atom. The molecule has 1 aliphatic rings. The van der Waals surface area contributed by atoms with Crippen LogP contribution in [0.15, 0.2) is 35.7 Å². The fourth-order valence-corrected chi connectivity index (χ4v) is 6.49. The Balaban J connectivity index is 1.35. The van der Waals surface area contributed by atoms with E-state index in [0.717, 1.165) is 40.1 Å². The van der Waals surface area contributed by atoms with Gasteiger partial charge < -0.3 is 10.1 Å². The number of ether oxygens (including phenoxy) is 1. The van der Waals surface area contributed by atoms with Crippen molar-refractivity contribution in [2.75, 3.05) is 18.2 Å². The molecular formula is C22H21N7O2S2. The molecule has 0 bridgehead atoms. The van der Waals surface area contributed by atoms with E-state index in [2.05, 4.69) is 32.5 Å². The molecule has 168 valence electrons. The molecular weight excluding hydrogens is 458 g/mol. The first-order valence-electron chi connectivity index (χ1n) is 10.7. The number of thiophene rings is 1. The zero-order valence-corrected chi connectivity index (χ0v) is 19.7. The highest BCUT2D eigenvalue weighted by Crippen LogP contribution is 2.40. The zero-order valence-electron chi connectivity index (χ0n) is 18.1. The second-order valence-corrected chi connectivity index (χ2v) is 10.2. The molecule has 11 heteroatoms. The van der Waals surface area contributed by atoms with Crippen molar-refractivity contribution in [1.82, 2.24) is 29.2 Å². The minimum atomic E-state index is -0.112. The number of anilines is 1. The van der Waals surface area contributed by atoms with E-state index in [1.54, 1.807) is 29.3 Å². The quantitative estimate of drug-likeness (QED) is 0.382. The molecule has 9 nitrogen and oxygen atoms in total. The number of rotatable bonds is 5. The van der Waals surface area contributed by atoms with Crippen LogP contribution in [0, 0.1) is 5.92 Å². The van der Waals surface area contributed by atoms with Crippen molar-refractivity contribution in [2.45, 2.75) is 31.3 Å². The number of aryl methyl sites for hydroxylation is 1. The Bertz CT molecular complexity index is 1500. The minimum absolute atomic E-state index is 0.112. The first-order valence-corrected chi connectivity index (χ1v) is 12.5. The molecule has 0 saturated carbocycles. The molecule has 0 fully saturated rings.